The zero-order valence-electron chi connectivity index (χ0n) is 7.41. The molecule has 2 atom stereocenters. The number of ether oxygens (including phenoxy) is 1. The van der Waals surface area contributed by atoms with Gasteiger partial charge in [-0.15, -0.1) is 6.58 Å². The van der Waals surface area contributed by atoms with Gasteiger partial charge in [0.25, 0.3) is 0 Å². The quantitative estimate of drug-likeness (QED) is 0.588. The first-order valence-electron chi connectivity index (χ1n) is 3.97. The number of hydrogen-bond acceptors (Lipinski definition) is 3. The molecule has 1 fully saturated rings. The first-order chi connectivity index (χ1) is 5.46. The third-order valence-corrected chi connectivity index (χ3v) is 1.93. The van der Waals surface area contributed by atoms with Gasteiger partial charge in [-0.3, -0.25) is 4.79 Å². The predicted octanol–water partition coefficient (Wildman–Crippen LogP) is 0.670. The van der Waals surface area contributed by atoms with Crippen LogP contribution in [0.2, 0.25) is 0 Å². The molecular formula is C9H14O3. The summed E-state index contributed by atoms with van der Waals surface area (Å²) in [4.78, 5) is 11.2. The molecule has 1 aliphatic heterocycles. The summed E-state index contributed by atoms with van der Waals surface area (Å²) in [6.45, 7) is 7.15. The number of ketones is 1. The van der Waals surface area contributed by atoms with Crippen LogP contribution in [0, 0.1) is 0 Å². The molecular weight excluding hydrogens is 156 g/mol. The Kier molecular flexibility index (Phi) is 2.35. The van der Waals surface area contributed by atoms with Crippen LogP contribution in [0.3, 0.4) is 0 Å². The summed E-state index contributed by atoms with van der Waals surface area (Å²) in [6.07, 6.45) is 0.138. The maximum atomic E-state index is 11.2. The maximum absolute atomic E-state index is 11.2. The van der Waals surface area contributed by atoms with E-state index < -0.39 is 17.8 Å². The molecule has 0 bridgehead atoms. The Morgan fingerprint density at radius 1 is 1.75 bits per heavy atom. The molecule has 0 aromatic rings. The minimum absolute atomic E-state index is 0.170. The number of aliphatic hydroxyl groups is 1. The largest absolute Gasteiger partial charge is 0.382 e. The van der Waals surface area contributed by atoms with Crippen LogP contribution in [-0.4, -0.2) is 28.7 Å². The molecule has 0 amide bonds. The van der Waals surface area contributed by atoms with Gasteiger partial charge in [-0.1, -0.05) is 6.08 Å². The van der Waals surface area contributed by atoms with Crippen LogP contribution in [0.15, 0.2) is 12.7 Å². The predicted molar refractivity (Wildman–Crippen MR) is 44.8 cm³/mol. The Bertz CT molecular complexity index is 208. The number of Topliss-reactive ketones (excluding diaryl/α,β-unsaturated/α-hetero) is 1. The molecule has 12 heavy (non-hydrogen) atoms. The first kappa shape index (κ1) is 9.42. The molecule has 1 rings (SSSR count). The van der Waals surface area contributed by atoms with E-state index >= 15 is 0 Å². The van der Waals surface area contributed by atoms with Gasteiger partial charge in [0.1, 0.15) is 12.2 Å². The van der Waals surface area contributed by atoms with Crippen LogP contribution < -0.4 is 0 Å². The van der Waals surface area contributed by atoms with Crippen LogP contribution in [-0.2, 0) is 9.53 Å². The number of hydrogen-bond donors (Lipinski definition) is 1. The van der Waals surface area contributed by atoms with E-state index in [9.17, 15) is 9.90 Å². The summed E-state index contributed by atoms with van der Waals surface area (Å²) < 4.78 is 5.42. The van der Waals surface area contributed by atoms with Gasteiger partial charge in [-0.05, 0) is 13.8 Å². The molecule has 1 heterocycles. The van der Waals surface area contributed by atoms with E-state index in [1.54, 1.807) is 0 Å². The molecule has 1 unspecified atom stereocenters. The van der Waals surface area contributed by atoms with Crippen LogP contribution in [0.4, 0.5) is 0 Å². The summed E-state index contributed by atoms with van der Waals surface area (Å²) in [5.74, 6) is -0.170. The third kappa shape index (κ3) is 1.73. The Morgan fingerprint density at radius 2 is 2.33 bits per heavy atom. The van der Waals surface area contributed by atoms with E-state index in [-0.39, 0.29) is 12.2 Å². The Hall–Kier alpha value is -0.670. The van der Waals surface area contributed by atoms with Gasteiger partial charge in [0, 0.05) is 6.42 Å². The lowest BCUT2D eigenvalue weighted by molar-refractivity contribution is -0.165. The molecule has 0 aromatic heterocycles. The van der Waals surface area contributed by atoms with Gasteiger partial charge in [0.05, 0.1) is 5.60 Å². The molecule has 0 saturated carbocycles. The molecule has 68 valence electrons. The smallest absolute Gasteiger partial charge is 0.167 e. The number of rotatable bonds is 1. The fraction of sp³-hybridized carbons (Fsp3) is 0.667. The van der Waals surface area contributed by atoms with Gasteiger partial charge in [-0.25, -0.2) is 0 Å². The van der Waals surface area contributed by atoms with Crippen molar-refractivity contribution in [2.45, 2.75) is 38.1 Å². The molecule has 3 nitrogen and oxygen atoms in total. The monoisotopic (exact) mass is 170 g/mol. The fourth-order valence-corrected chi connectivity index (χ4v) is 1.36. The van der Waals surface area contributed by atoms with Crippen LogP contribution in [0.1, 0.15) is 20.3 Å². The highest BCUT2D eigenvalue weighted by atomic mass is 16.5. The van der Waals surface area contributed by atoms with Crippen molar-refractivity contribution in [1.29, 1.82) is 0 Å². The van der Waals surface area contributed by atoms with Gasteiger partial charge < -0.3 is 9.84 Å². The zero-order chi connectivity index (χ0) is 9.35. The van der Waals surface area contributed by atoms with Crippen LogP contribution in [0.5, 0.6) is 0 Å². The van der Waals surface area contributed by atoms with Crippen molar-refractivity contribution in [3.8, 4) is 0 Å². The lowest BCUT2D eigenvalue weighted by Crippen LogP contribution is -2.48. The molecule has 3 heteroatoms. The summed E-state index contributed by atoms with van der Waals surface area (Å²) in [6, 6.07) is 0. The van der Waals surface area contributed by atoms with Crippen LogP contribution >= 0.6 is 0 Å². The Labute approximate surface area is 72.0 Å². The average molecular weight is 170 g/mol. The van der Waals surface area contributed by atoms with Crippen molar-refractivity contribution in [3.05, 3.63) is 12.7 Å². The van der Waals surface area contributed by atoms with Crippen LogP contribution in [0.25, 0.3) is 0 Å². The van der Waals surface area contributed by atoms with E-state index in [4.69, 9.17) is 4.74 Å². The number of aliphatic hydroxyl groups excluding tert-OH is 1. The standard InChI is InChI=1S/C9H14O3/c1-4-7-8(11)6(10)5-9(2,3)12-7/h4,7-8,11H,1,5H2,2-3H3/t7?,8-/m0/s1. The maximum Gasteiger partial charge on any atom is 0.167 e. The first-order valence-corrected chi connectivity index (χ1v) is 3.97. The van der Waals surface area contributed by atoms with Gasteiger partial charge in [0.2, 0.25) is 0 Å². The lowest BCUT2D eigenvalue weighted by atomic mass is 9.92. The van der Waals surface area contributed by atoms with Crippen molar-refractivity contribution in [2.75, 3.05) is 0 Å². The summed E-state index contributed by atoms with van der Waals surface area (Å²) >= 11 is 0. The van der Waals surface area contributed by atoms with Crippen molar-refractivity contribution in [2.24, 2.45) is 0 Å². The van der Waals surface area contributed by atoms with E-state index in [0.717, 1.165) is 0 Å². The van der Waals surface area contributed by atoms with E-state index in [2.05, 4.69) is 6.58 Å². The van der Waals surface area contributed by atoms with Gasteiger partial charge >= 0.3 is 0 Å². The second kappa shape index (κ2) is 2.99. The summed E-state index contributed by atoms with van der Waals surface area (Å²) in [5.41, 5.74) is -0.477. The lowest BCUT2D eigenvalue weighted by Gasteiger charge is -2.36. The molecule has 0 spiro atoms. The topological polar surface area (TPSA) is 46.5 Å². The zero-order valence-corrected chi connectivity index (χ0v) is 7.41. The summed E-state index contributed by atoms with van der Waals surface area (Å²) in [7, 11) is 0. The second-order valence-corrected chi connectivity index (χ2v) is 3.67. The van der Waals surface area contributed by atoms with Crippen molar-refractivity contribution in [3.63, 3.8) is 0 Å². The minimum Gasteiger partial charge on any atom is -0.382 e. The van der Waals surface area contributed by atoms with Gasteiger partial charge in [-0.2, -0.15) is 0 Å². The molecule has 1 saturated heterocycles. The van der Waals surface area contributed by atoms with E-state index in [1.165, 1.54) is 6.08 Å². The van der Waals surface area contributed by atoms with Crippen molar-refractivity contribution < 1.29 is 14.6 Å². The minimum atomic E-state index is -1.03. The van der Waals surface area contributed by atoms with Crippen molar-refractivity contribution >= 4 is 5.78 Å². The van der Waals surface area contributed by atoms with E-state index in [1.807, 2.05) is 13.8 Å². The fourth-order valence-electron chi connectivity index (χ4n) is 1.36. The summed E-state index contributed by atoms with van der Waals surface area (Å²) in [5, 5.41) is 9.32. The Morgan fingerprint density at radius 3 is 2.83 bits per heavy atom. The molecule has 1 N–H and O–H groups in total. The highest BCUT2D eigenvalue weighted by Crippen LogP contribution is 2.26. The number of carbonyl (C=O) groups is 1. The highest BCUT2D eigenvalue weighted by molar-refractivity contribution is 5.85. The second-order valence-electron chi connectivity index (χ2n) is 3.67. The highest BCUT2D eigenvalue weighted by Gasteiger charge is 2.38. The average Bonchev–Trinajstić information content (AvgIpc) is 1.96. The molecule has 1 aliphatic rings. The Balaban J connectivity index is 2.78. The van der Waals surface area contributed by atoms with E-state index in [0.29, 0.717) is 0 Å². The molecule has 0 aromatic carbocycles. The van der Waals surface area contributed by atoms with Crippen molar-refractivity contribution in [1.82, 2.24) is 0 Å². The SMILES string of the molecule is C=CC1OC(C)(C)CC(=O)[C@@H]1O. The number of carbonyl (C=O) groups excluding carboxylic acids is 1. The third-order valence-electron chi connectivity index (χ3n) is 1.93. The molecule has 0 radical (unpaired) electrons. The molecule has 0 aliphatic carbocycles. The normalized spacial score (nSPS) is 34.8. The van der Waals surface area contributed by atoms with Gasteiger partial charge in [0.15, 0.2) is 5.78 Å².